The predicted molar refractivity (Wildman–Crippen MR) is 116 cm³/mol. The van der Waals surface area contributed by atoms with Crippen molar-refractivity contribution >= 4 is 27.5 Å². The molecule has 0 saturated carbocycles. The number of aromatic nitrogens is 1. The average molecular weight is 567 g/mol. The quantitative estimate of drug-likeness (QED) is 0.166. The summed E-state index contributed by atoms with van der Waals surface area (Å²) in [4.78, 5) is 15.1. The molecule has 0 aliphatic heterocycles. The molecule has 4 rings (SSSR count). The fourth-order valence-corrected chi connectivity index (χ4v) is 4.44. The van der Waals surface area contributed by atoms with Crippen molar-refractivity contribution in [2.75, 3.05) is 0 Å². The SMILES string of the molecule is CC(=O)C=C(C)O.CC1(C)CC(C)(C)c2nc3c(ccc4ccc[c-]c43)cc21.[Ir]. The molecule has 0 spiro atoms. The van der Waals surface area contributed by atoms with Crippen LogP contribution in [-0.2, 0) is 35.7 Å². The van der Waals surface area contributed by atoms with Gasteiger partial charge in [-0.2, -0.15) is 0 Å². The van der Waals surface area contributed by atoms with Gasteiger partial charge in [0, 0.05) is 37.3 Å². The summed E-state index contributed by atoms with van der Waals surface area (Å²) in [6.07, 6.45) is 2.32. The number of pyridine rings is 1. The zero-order valence-electron chi connectivity index (χ0n) is 17.9. The van der Waals surface area contributed by atoms with Gasteiger partial charge >= 0.3 is 0 Å². The first-order chi connectivity index (χ1) is 13.0. The Morgan fingerprint density at radius 3 is 2.34 bits per heavy atom. The van der Waals surface area contributed by atoms with Crippen molar-refractivity contribution in [3.63, 3.8) is 0 Å². The van der Waals surface area contributed by atoms with Gasteiger partial charge in [0.05, 0.1) is 5.76 Å². The number of rotatable bonds is 1. The predicted octanol–water partition coefficient (Wildman–Crippen LogP) is 6.18. The zero-order valence-corrected chi connectivity index (χ0v) is 20.3. The number of carbonyl (C=O) groups excluding carboxylic acids is 1. The minimum atomic E-state index is -0.125. The molecule has 1 heterocycles. The van der Waals surface area contributed by atoms with Crippen LogP contribution in [0.4, 0.5) is 0 Å². The molecule has 0 atom stereocenters. The van der Waals surface area contributed by atoms with Crippen LogP contribution in [0.3, 0.4) is 0 Å². The van der Waals surface area contributed by atoms with Crippen LogP contribution in [0, 0.1) is 6.07 Å². The van der Waals surface area contributed by atoms with Crippen LogP contribution in [0.1, 0.15) is 59.2 Å². The fraction of sp³-hybridized carbons (Fsp3) is 0.360. The van der Waals surface area contributed by atoms with E-state index >= 15 is 0 Å². The molecule has 3 aromatic rings. The number of carbonyl (C=O) groups is 1. The third kappa shape index (κ3) is 4.76. The maximum absolute atomic E-state index is 10.0. The van der Waals surface area contributed by atoms with Crippen LogP contribution in [0.25, 0.3) is 21.7 Å². The summed E-state index contributed by atoms with van der Waals surface area (Å²) in [6, 6.07) is 16.2. The number of fused-ring (bicyclic) bond motifs is 4. The molecule has 1 N–H and O–H groups in total. The normalized spacial score (nSPS) is 16.6. The Hall–Kier alpha value is -2.03. The van der Waals surface area contributed by atoms with E-state index in [9.17, 15) is 4.79 Å². The first-order valence-electron chi connectivity index (χ1n) is 9.64. The Bertz CT molecular complexity index is 1090. The molecule has 0 bridgehead atoms. The molecule has 3 nitrogen and oxygen atoms in total. The molecule has 1 radical (unpaired) electrons. The summed E-state index contributed by atoms with van der Waals surface area (Å²) >= 11 is 0. The van der Waals surface area contributed by atoms with E-state index in [4.69, 9.17) is 10.1 Å². The van der Waals surface area contributed by atoms with Gasteiger partial charge in [0.2, 0.25) is 0 Å². The van der Waals surface area contributed by atoms with Crippen LogP contribution in [0.2, 0.25) is 0 Å². The number of benzene rings is 2. The standard InChI is InChI=1S/C20H20N.C5H8O2.Ir/c1-19(2)12-20(3,4)18-16(19)11-14-10-9-13-7-5-6-8-15(13)17(14)21-18;1-4(6)3-5(2)7;/h5-7,9-11H,12H2,1-4H3;3,6H,1-2H3;/q-1;;. The first kappa shape index (κ1) is 23.3. The zero-order chi connectivity index (χ0) is 20.7. The second kappa shape index (κ2) is 8.37. The van der Waals surface area contributed by atoms with E-state index in [1.165, 1.54) is 42.0 Å². The Morgan fingerprint density at radius 1 is 1.10 bits per heavy atom. The van der Waals surface area contributed by atoms with E-state index in [1.54, 1.807) is 0 Å². The number of aliphatic hydroxyl groups excluding tert-OH is 1. The van der Waals surface area contributed by atoms with Gasteiger partial charge in [-0.25, -0.2) is 0 Å². The van der Waals surface area contributed by atoms with E-state index in [1.807, 2.05) is 12.1 Å². The third-order valence-corrected chi connectivity index (χ3v) is 5.29. The number of nitrogens with zero attached hydrogens (tertiary/aromatic N) is 1. The molecule has 155 valence electrons. The van der Waals surface area contributed by atoms with Crippen molar-refractivity contribution in [3.8, 4) is 0 Å². The molecule has 1 aliphatic rings. The van der Waals surface area contributed by atoms with Gasteiger partial charge in [-0.05, 0) is 42.1 Å². The summed E-state index contributed by atoms with van der Waals surface area (Å²) in [5.74, 6) is -0.0625. The molecule has 4 heteroatoms. The first-order valence-corrected chi connectivity index (χ1v) is 9.64. The van der Waals surface area contributed by atoms with Gasteiger partial charge in [-0.1, -0.05) is 45.9 Å². The Kier molecular flexibility index (Phi) is 6.71. The Morgan fingerprint density at radius 2 is 1.76 bits per heavy atom. The van der Waals surface area contributed by atoms with E-state index in [-0.39, 0.29) is 42.5 Å². The van der Waals surface area contributed by atoms with Gasteiger partial charge in [0.1, 0.15) is 0 Å². The van der Waals surface area contributed by atoms with Crippen molar-refractivity contribution in [3.05, 3.63) is 65.6 Å². The molecular weight excluding hydrogens is 538 g/mol. The van der Waals surface area contributed by atoms with Crippen molar-refractivity contribution in [2.45, 2.75) is 58.8 Å². The van der Waals surface area contributed by atoms with Crippen LogP contribution < -0.4 is 0 Å². The molecule has 0 unspecified atom stereocenters. The van der Waals surface area contributed by atoms with E-state index in [2.05, 4.69) is 58.0 Å². The molecule has 0 fully saturated rings. The second-order valence-electron chi connectivity index (χ2n) is 9.00. The van der Waals surface area contributed by atoms with Crippen LogP contribution in [0.15, 0.2) is 48.2 Å². The number of ketones is 1. The van der Waals surface area contributed by atoms with E-state index < -0.39 is 0 Å². The monoisotopic (exact) mass is 567 g/mol. The third-order valence-electron chi connectivity index (χ3n) is 5.29. The van der Waals surface area contributed by atoms with Gasteiger partial charge in [-0.15, -0.1) is 35.0 Å². The minimum absolute atomic E-state index is 0. The van der Waals surface area contributed by atoms with Gasteiger partial charge in [-0.3, -0.25) is 9.78 Å². The largest absolute Gasteiger partial charge is 0.512 e. The average Bonchev–Trinajstić information content (AvgIpc) is 2.77. The molecule has 29 heavy (non-hydrogen) atoms. The van der Waals surface area contributed by atoms with Crippen molar-refractivity contribution in [1.82, 2.24) is 4.98 Å². The van der Waals surface area contributed by atoms with Crippen LogP contribution in [-0.4, -0.2) is 15.9 Å². The van der Waals surface area contributed by atoms with E-state index in [0.717, 1.165) is 17.3 Å². The second-order valence-corrected chi connectivity index (χ2v) is 9.00. The summed E-state index contributed by atoms with van der Waals surface area (Å²) in [5.41, 5.74) is 4.12. The smallest absolute Gasteiger partial charge is 0.155 e. The maximum Gasteiger partial charge on any atom is 0.155 e. The van der Waals surface area contributed by atoms with Crippen LogP contribution >= 0.6 is 0 Å². The fourth-order valence-electron chi connectivity index (χ4n) is 4.44. The van der Waals surface area contributed by atoms with Crippen LogP contribution in [0.5, 0.6) is 0 Å². The molecule has 2 aromatic carbocycles. The minimum Gasteiger partial charge on any atom is -0.512 e. The molecule has 0 amide bonds. The number of hydrogen-bond acceptors (Lipinski definition) is 3. The van der Waals surface area contributed by atoms with Gasteiger partial charge in [0.15, 0.2) is 5.78 Å². The molecule has 1 aromatic heterocycles. The van der Waals surface area contributed by atoms with Crippen molar-refractivity contribution in [2.24, 2.45) is 0 Å². The van der Waals surface area contributed by atoms with Gasteiger partial charge < -0.3 is 5.11 Å². The van der Waals surface area contributed by atoms with E-state index in [0.29, 0.717) is 0 Å². The van der Waals surface area contributed by atoms with Gasteiger partial charge in [0.25, 0.3) is 0 Å². The molecule has 1 aliphatic carbocycles. The van der Waals surface area contributed by atoms with Crippen molar-refractivity contribution < 1.29 is 30.0 Å². The number of allylic oxidation sites excluding steroid dienone is 2. The topological polar surface area (TPSA) is 50.2 Å². The number of aliphatic hydroxyl groups is 1. The summed E-state index contributed by atoms with van der Waals surface area (Å²) in [7, 11) is 0. The Labute approximate surface area is 186 Å². The number of hydrogen-bond donors (Lipinski definition) is 1. The van der Waals surface area contributed by atoms with Crippen molar-refractivity contribution in [1.29, 1.82) is 0 Å². The Balaban J connectivity index is 0.000000327. The molecular formula is C25H28IrNO2-. The summed E-state index contributed by atoms with van der Waals surface area (Å²) in [5, 5.41) is 11.9. The maximum atomic E-state index is 10.0. The summed E-state index contributed by atoms with van der Waals surface area (Å²) in [6.45, 7) is 12.1. The molecule has 0 saturated heterocycles. The summed E-state index contributed by atoms with van der Waals surface area (Å²) < 4.78 is 0.